The molecule has 0 amide bonds. The van der Waals surface area contributed by atoms with Gasteiger partial charge < -0.3 is 13.9 Å². The van der Waals surface area contributed by atoms with Crippen LogP contribution in [0.4, 0.5) is 13.2 Å². The Labute approximate surface area is 130 Å². The Morgan fingerprint density at radius 2 is 1.87 bits per heavy atom. The summed E-state index contributed by atoms with van der Waals surface area (Å²) in [5, 5.41) is 0. The van der Waals surface area contributed by atoms with Crippen molar-refractivity contribution in [3.8, 4) is 5.75 Å². The smallest absolute Gasteiger partial charge is 0.422 e. The summed E-state index contributed by atoms with van der Waals surface area (Å²) in [4.78, 5) is 11.7. The Balaban J connectivity index is 1.81. The molecule has 0 N–H and O–H groups in total. The van der Waals surface area contributed by atoms with Gasteiger partial charge in [-0.15, -0.1) is 0 Å². The maximum Gasteiger partial charge on any atom is 0.422 e. The molecular weight excluding hydrogens is 313 g/mol. The first-order chi connectivity index (χ1) is 10.8. The zero-order valence-corrected chi connectivity index (χ0v) is 12.4. The molecule has 0 aliphatic heterocycles. The summed E-state index contributed by atoms with van der Waals surface area (Å²) in [5.74, 6) is 0.340. The fraction of sp³-hybridized carbons (Fsp3) is 0.312. The van der Waals surface area contributed by atoms with Crippen LogP contribution in [-0.2, 0) is 22.6 Å². The molecule has 0 aliphatic rings. The van der Waals surface area contributed by atoms with E-state index in [1.165, 1.54) is 30.5 Å². The van der Waals surface area contributed by atoms with Gasteiger partial charge in [-0.3, -0.25) is 4.79 Å². The van der Waals surface area contributed by atoms with E-state index in [9.17, 15) is 18.0 Å². The van der Waals surface area contributed by atoms with Crippen molar-refractivity contribution in [1.82, 2.24) is 0 Å². The Morgan fingerprint density at radius 3 is 2.43 bits per heavy atom. The first-order valence-corrected chi connectivity index (χ1v) is 6.80. The fourth-order valence-corrected chi connectivity index (χ4v) is 1.81. The van der Waals surface area contributed by atoms with E-state index in [4.69, 9.17) is 9.15 Å². The van der Waals surface area contributed by atoms with Crippen LogP contribution in [0.5, 0.6) is 5.75 Å². The number of aryl methyl sites for hydroxylation is 1. The van der Waals surface area contributed by atoms with Crippen LogP contribution in [0.1, 0.15) is 16.9 Å². The van der Waals surface area contributed by atoms with Crippen LogP contribution in [0.2, 0.25) is 0 Å². The average molecular weight is 328 g/mol. The number of carbonyl (C=O) groups excluding carboxylic acids is 1. The van der Waals surface area contributed by atoms with Gasteiger partial charge >= 0.3 is 12.1 Å². The number of alkyl halides is 3. The molecule has 2 rings (SSSR count). The van der Waals surface area contributed by atoms with E-state index < -0.39 is 18.8 Å². The van der Waals surface area contributed by atoms with Gasteiger partial charge in [0.15, 0.2) is 6.61 Å². The minimum absolute atomic E-state index is 0.0243. The number of hydrogen-bond acceptors (Lipinski definition) is 4. The predicted octanol–water partition coefficient (Wildman–Crippen LogP) is 3.82. The van der Waals surface area contributed by atoms with E-state index in [2.05, 4.69) is 4.74 Å². The highest BCUT2D eigenvalue weighted by molar-refractivity contribution is 5.72. The van der Waals surface area contributed by atoms with Crippen molar-refractivity contribution in [2.24, 2.45) is 0 Å². The van der Waals surface area contributed by atoms with Gasteiger partial charge in [-0.1, -0.05) is 12.1 Å². The monoisotopic (exact) mass is 328 g/mol. The van der Waals surface area contributed by atoms with Crippen LogP contribution < -0.4 is 4.74 Å². The van der Waals surface area contributed by atoms with Crippen LogP contribution in [0.15, 0.2) is 41.0 Å². The first-order valence-electron chi connectivity index (χ1n) is 6.80. The Morgan fingerprint density at radius 1 is 1.17 bits per heavy atom. The normalized spacial score (nSPS) is 11.3. The molecule has 0 bridgehead atoms. The molecule has 0 saturated heterocycles. The van der Waals surface area contributed by atoms with E-state index in [0.29, 0.717) is 11.3 Å². The highest BCUT2D eigenvalue weighted by atomic mass is 19.4. The van der Waals surface area contributed by atoms with Crippen molar-refractivity contribution < 1.29 is 31.9 Å². The summed E-state index contributed by atoms with van der Waals surface area (Å²) in [6, 6.07) is 7.53. The molecule has 7 heteroatoms. The molecular formula is C16H15F3O4. The number of furan rings is 1. The van der Waals surface area contributed by atoms with Gasteiger partial charge in [0.2, 0.25) is 0 Å². The van der Waals surface area contributed by atoms with Crippen LogP contribution in [0.25, 0.3) is 0 Å². The minimum atomic E-state index is -4.38. The van der Waals surface area contributed by atoms with Gasteiger partial charge in [-0.05, 0) is 30.7 Å². The first kappa shape index (κ1) is 16.9. The Hall–Kier alpha value is -2.44. The molecule has 1 heterocycles. The molecule has 0 radical (unpaired) electrons. The van der Waals surface area contributed by atoms with E-state index >= 15 is 0 Å². The Bertz CT molecular complexity index is 644. The van der Waals surface area contributed by atoms with Crippen molar-refractivity contribution >= 4 is 5.97 Å². The van der Waals surface area contributed by atoms with Gasteiger partial charge in [0, 0.05) is 5.56 Å². The highest BCUT2D eigenvalue weighted by Crippen LogP contribution is 2.19. The zero-order valence-electron chi connectivity index (χ0n) is 12.4. The summed E-state index contributed by atoms with van der Waals surface area (Å²) < 4.78 is 50.9. The second kappa shape index (κ2) is 7.21. The molecule has 0 fully saturated rings. The molecule has 0 aliphatic carbocycles. The third-order valence-corrected chi connectivity index (χ3v) is 3.03. The molecule has 0 spiro atoms. The summed E-state index contributed by atoms with van der Waals surface area (Å²) in [7, 11) is 0. The maximum atomic E-state index is 12.0. The molecule has 2 aromatic rings. The Kier molecular flexibility index (Phi) is 5.31. The van der Waals surface area contributed by atoms with Gasteiger partial charge in [-0.2, -0.15) is 13.2 Å². The lowest BCUT2D eigenvalue weighted by atomic mass is 10.1. The van der Waals surface area contributed by atoms with Crippen LogP contribution in [0.3, 0.4) is 0 Å². The molecule has 4 nitrogen and oxygen atoms in total. The fourth-order valence-electron chi connectivity index (χ4n) is 1.81. The molecule has 0 unspecified atom stereocenters. The lowest BCUT2D eigenvalue weighted by Crippen LogP contribution is -2.19. The zero-order chi connectivity index (χ0) is 16.9. The lowest BCUT2D eigenvalue weighted by Gasteiger charge is -2.09. The number of rotatable bonds is 6. The maximum absolute atomic E-state index is 12.0. The van der Waals surface area contributed by atoms with Crippen molar-refractivity contribution in [2.75, 3.05) is 6.61 Å². The number of ether oxygens (including phenoxy) is 2. The van der Waals surface area contributed by atoms with Crippen molar-refractivity contribution in [1.29, 1.82) is 0 Å². The van der Waals surface area contributed by atoms with E-state index in [0.717, 1.165) is 5.56 Å². The van der Waals surface area contributed by atoms with Crippen molar-refractivity contribution in [3.63, 3.8) is 0 Å². The van der Waals surface area contributed by atoms with Crippen LogP contribution in [0, 0.1) is 6.92 Å². The molecule has 0 atom stereocenters. The summed E-state index contributed by atoms with van der Waals surface area (Å²) in [6.07, 6.45) is -2.84. The number of hydrogen-bond donors (Lipinski definition) is 0. The van der Waals surface area contributed by atoms with E-state index in [1.807, 2.05) is 0 Å². The number of esters is 1. The number of halogens is 3. The van der Waals surface area contributed by atoms with Gasteiger partial charge in [0.05, 0.1) is 12.7 Å². The molecule has 1 aromatic carbocycles. The quantitative estimate of drug-likeness (QED) is 0.757. The summed E-state index contributed by atoms with van der Waals surface area (Å²) >= 11 is 0. The average Bonchev–Trinajstić information content (AvgIpc) is 2.89. The highest BCUT2D eigenvalue weighted by Gasteiger charge is 2.28. The van der Waals surface area contributed by atoms with Gasteiger partial charge in [-0.25, -0.2) is 0 Å². The number of carbonyl (C=O) groups is 1. The van der Waals surface area contributed by atoms with Gasteiger partial charge in [0.1, 0.15) is 18.1 Å². The largest absolute Gasteiger partial charge is 0.484 e. The van der Waals surface area contributed by atoms with E-state index in [-0.39, 0.29) is 18.8 Å². The third-order valence-electron chi connectivity index (χ3n) is 3.03. The van der Waals surface area contributed by atoms with Crippen molar-refractivity contribution in [2.45, 2.75) is 26.1 Å². The third kappa shape index (κ3) is 5.69. The van der Waals surface area contributed by atoms with E-state index in [1.54, 1.807) is 13.0 Å². The SMILES string of the molecule is Cc1occc1COC(=O)Cc1ccc(OCC(F)(F)F)cc1. The predicted molar refractivity (Wildman–Crippen MR) is 74.9 cm³/mol. The molecule has 124 valence electrons. The molecule has 0 saturated carbocycles. The summed E-state index contributed by atoms with van der Waals surface area (Å²) in [5.41, 5.74) is 1.41. The molecule has 1 aromatic heterocycles. The van der Waals surface area contributed by atoms with Crippen LogP contribution >= 0.6 is 0 Å². The summed E-state index contributed by atoms with van der Waals surface area (Å²) in [6.45, 7) is 0.537. The molecule has 23 heavy (non-hydrogen) atoms. The topological polar surface area (TPSA) is 48.7 Å². The second-order valence-electron chi connectivity index (χ2n) is 4.89. The second-order valence-corrected chi connectivity index (χ2v) is 4.89. The standard InChI is InChI=1S/C16H15F3O4/c1-11-13(6-7-21-11)9-22-15(20)8-12-2-4-14(5-3-12)23-10-16(17,18)19/h2-7H,8-10H2,1H3. The van der Waals surface area contributed by atoms with Crippen LogP contribution in [-0.4, -0.2) is 18.8 Å². The lowest BCUT2D eigenvalue weighted by molar-refractivity contribution is -0.153. The number of benzene rings is 1. The van der Waals surface area contributed by atoms with Crippen molar-refractivity contribution in [3.05, 3.63) is 53.5 Å². The van der Waals surface area contributed by atoms with Gasteiger partial charge in [0.25, 0.3) is 0 Å². The minimum Gasteiger partial charge on any atom is -0.484 e.